The number of aliphatic hydroxyl groups excluding tert-OH is 8. The first-order valence-corrected chi connectivity index (χ1v) is 35.2. The summed E-state index contributed by atoms with van der Waals surface area (Å²) in [5.74, 6) is -0.250. The molecule has 0 saturated carbocycles. The zero-order valence-electron chi connectivity index (χ0n) is 54.3. The van der Waals surface area contributed by atoms with E-state index in [0.29, 0.717) is 6.42 Å². The minimum atomic E-state index is -1.79. The van der Waals surface area contributed by atoms with Gasteiger partial charge in [0.05, 0.1) is 32.0 Å². The summed E-state index contributed by atoms with van der Waals surface area (Å²) in [6.07, 6.45) is 59.5. The Balaban J connectivity index is 1.69. The molecule has 0 radical (unpaired) electrons. The number of rotatable bonds is 57. The second-order valence-corrected chi connectivity index (χ2v) is 24.6. The van der Waals surface area contributed by atoms with E-state index in [1.807, 2.05) is 6.08 Å². The summed E-state index contributed by atoms with van der Waals surface area (Å²) in [5, 5.41) is 87.4. The average Bonchev–Trinajstić information content (AvgIpc) is 2.54. The molecule has 0 aromatic carbocycles. The summed E-state index contributed by atoms with van der Waals surface area (Å²) >= 11 is 0. The molecule has 2 heterocycles. The van der Waals surface area contributed by atoms with E-state index in [-0.39, 0.29) is 18.9 Å². The minimum absolute atomic E-state index is 0.250. The first kappa shape index (κ1) is 79.5. The Morgan fingerprint density at radius 1 is 0.430 bits per heavy atom. The largest absolute Gasteiger partial charge is 0.394 e. The van der Waals surface area contributed by atoms with Gasteiger partial charge in [0.15, 0.2) is 12.6 Å². The van der Waals surface area contributed by atoms with Crippen LogP contribution in [0.5, 0.6) is 0 Å². The number of hydrogen-bond acceptors (Lipinski definition) is 13. The molecule has 2 aliphatic heterocycles. The number of aliphatic hydroxyl groups is 8. The second-order valence-electron chi connectivity index (χ2n) is 24.6. The fourth-order valence-electron chi connectivity index (χ4n) is 11.3. The number of carbonyl (C=O) groups excluding carboxylic acids is 1. The number of allylic oxidation sites excluding steroid dienone is 11. The van der Waals surface area contributed by atoms with E-state index >= 15 is 0 Å². The summed E-state index contributed by atoms with van der Waals surface area (Å²) in [4.78, 5) is 13.3. The zero-order valence-corrected chi connectivity index (χ0v) is 54.3. The molecule has 14 heteroatoms. The Bertz CT molecular complexity index is 1720. The molecule has 0 spiro atoms. The topological polar surface area (TPSA) is 228 Å². The molecule has 0 aromatic rings. The van der Waals surface area contributed by atoms with Crippen LogP contribution in [0, 0.1) is 0 Å². The lowest BCUT2D eigenvalue weighted by molar-refractivity contribution is -0.359. The fraction of sp³-hybridized carbons (Fsp3) is 0.819. The van der Waals surface area contributed by atoms with Crippen molar-refractivity contribution in [1.82, 2.24) is 5.32 Å². The molecule has 2 fully saturated rings. The van der Waals surface area contributed by atoms with Crippen LogP contribution in [0.25, 0.3) is 0 Å². The van der Waals surface area contributed by atoms with Crippen LogP contribution in [-0.4, -0.2) is 140 Å². The molecule has 500 valence electrons. The van der Waals surface area contributed by atoms with Gasteiger partial charge in [-0.15, -0.1) is 0 Å². The number of ether oxygens (including phenoxy) is 4. The van der Waals surface area contributed by atoms with Crippen LogP contribution in [-0.2, 0) is 23.7 Å². The maximum atomic E-state index is 13.3. The smallest absolute Gasteiger partial charge is 0.220 e. The van der Waals surface area contributed by atoms with Crippen LogP contribution in [0.1, 0.15) is 284 Å². The van der Waals surface area contributed by atoms with E-state index in [4.69, 9.17) is 18.9 Å². The second kappa shape index (κ2) is 56.4. The SMILES string of the molecule is CC/C=C\C/C=C\C/C=C\C/C=C\C/C=C\CCCCCCCCCC(=O)NC(COC1OC(CO)C(OC2OC(CO)C(O)C(O)C2O)C(O)C1O)C(O)/C=C/CCCCCCCCCCCCCCCCCCCCCCCCCCCCC. The third kappa shape index (κ3) is 40.2. The van der Waals surface area contributed by atoms with Crippen molar-refractivity contribution in [3.63, 3.8) is 0 Å². The van der Waals surface area contributed by atoms with E-state index in [1.54, 1.807) is 6.08 Å². The van der Waals surface area contributed by atoms with Crippen LogP contribution >= 0.6 is 0 Å². The monoisotopic (exact) mass is 1220 g/mol. The van der Waals surface area contributed by atoms with Gasteiger partial charge in [-0.2, -0.15) is 0 Å². The molecule has 14 nitrogen and oxygen atoms in total. The summed E-state index contributed by atoms with van der Waals surface area (Å²) in [6.45, 7) is 2.71. The van der Waals surface area contributed by atoms with Crippen molar-refractivity contribution in [3.05, 3.63) is 72.9 Å². The summed E-state index contributed by atoms with van der Waals surface area (Å²) in [5.41, 5.74) is 0. The van der Waals surface area contributed by atoms with Crippen molar-refractivity contribution < 1.29 is 64.6 Å². The standard InChI is InChI=1S/C72H129NO13/c1-3-5-7-9-11-13-15-17-19-21-23-25-27-28-29-30-31-32-34-35-37-39-41-43-45-47-49-51-53-55-61(76)60(59-83-71-69(82)67(80)70(63(58-75)85-71)86-72-68(81)66(79)65(78)62(57-74)84-72)73-64(77)56-54-52-50-48-46-44-42-40-38-36-33-26-24-22-20-18-16-14-12-10-8-6-4-2/h6,8,12,14,18,20,24,26,36,38,53,55,60-63,65-72,74-76,78-82H,3-5,7,9-11,13,15-17,19,21-23,25,27-35,37,39-52,54,56-59H2,1-2H3,(H,73,77)/b8-6-,14-12-,20-18-,26-24-,38-36-,55-53+. The summed E-state index contributed by atoms with van der Waals surface area (Å²) in [7, 11) is 0. The van der Waals surface area contributed by atoms with Crippen LogP contribution < -0.4 is 5.32 Å². The minimum Gasteiger partial charge on any atom is -0.394 e. The fourth-order valence-corrected chi connectivity index (χ4v) is 11.3. The highest BCUT2D eigenvalue weighted by Crippen LogP contribution is 2.30. The normalized spacial score (nSPS) is 23.8. The van der Waals surface area contributed by atoms with Crippen LogP contribution in [0.2, 0.25) is 0 Å². The third-order valence-corrected chi connectivity index (χ3v) is 16.9. The molecule has 86 heavy (non-hydrogen) atoms. The van der Waals surface area contributed by atoms with E-state index in [2.05, 4.69) is 79.9 Å². The van der Waals surface area contributed by atoms with E-state index < -0.39 is 86.8 Å². The van der Waals surface area contributed by atoms with Gasteiger partial charge in [0.25, 0.3) is 0 Å². The number of carbonyl (C=O) groups is 1. The van der Waals surface area contributed by atoms with Crippen molar-refractivity contribution in [2.45, 2.75) is 357 Å². The molecular weight excluding hydrogens is 1090 g/mol. The van der Waals surface area contributed by atoms with E-state index in [9.17, 15) is 45.6 Å². The van der Waals surface area contributed by atoms with Crippen molar-refractivity contribution in [3.8, 4) is 0 Å². The molecule has 2 saturated heterocycles. The van der Waals surface area contributed by atoms with E-state index in [1.165, 1.54) is 167 Å². The van der Waals surface area contributed by atoms with Gasteiger partial charge < -0.3 is 65.1 Å². The average molecular weight is 1220 g/mol. The van der Waals surface area contributed by atoms with Gasteiger partial charge in [-0.1, -0.05) is 286 Å². The lowest BCUT2D eigenvalue weighted by Crippen LogP contribution is -2.65. The maximum Gasteiger partial charge on any atom is 0.220 e. The Labute approximate surface area is 523 Å². The molecule has 0 bridgehead atoms. The van der Waals surface area contributed by atoms with Crippen LogP contribution in [0.15, 0.2) is 72.9 Å². The highest BCUT2D eigenvalue weighted by atomic mass is 16.7. The van der Waals surface area contributed by atoms with Gasteiger partial charge >= 0.3 is 0 Å². The third-order valence-electron chi connectivity index (χ3n) is 16.9. The first-order chi connectivity index (χ1) is 42.1. The van der Waals surface area contributed by atoms with Gasteiger partial charge in [0.2, 0.25) is 5.91 Å². The van der Waals surface area contributed by atoms with Crippen molar-refractivity contribution in [2.24, 2.45) is 0 Å². The van der Waals surface area contributed by atoms with Crippen molar-refractivity contribution in [1.29, 1.82) is 0 Å². The van der Waals surface area contributed by atoms with Gasteiger partial charge in [-0.3, -0.25) is 4.79 Å². The highest BCUT2D eigenvalue weighted by molar-refractivity contribution is 5.76. The van der Waals surface area contributed by atoms with Crippen LogP contribution in [0.4, 0.5) is 0 Å². The van der Waals surface area contributed by atoms with Crippen LogP contribution in [0.3, 0.4) is 0 Å². The Morgan fingerprint density at radius 3 is 1.23 bits per heavy atom. The maximum absolute atomic E-state index is 13.3. The summed E-state index contributed by atoms with van der Waals surface area (Å²) in [6, 6.07) is -0.927. The van der Waals surface area contributed by atoms with Crippen molar-refractivity contribution in [2.75, 3.05) is 19.8 Å². The lowest BCUT2D eigenvalue weighted by atomic mass is 9.97. The van der Waals surface area contributed by atoms with Crippen molar-refractivity contribution >= 4 is 5.91 Å². The number of unbranched alkanes of at least 4 members (excludes halogenated alkanes) is 34. The molecule has 12 unspecified atom stereocenters. The summed E-state index contributed by atoms with van der Waals surface area (Å²) < 4.78 is 22.9. The number of amides is 1. The Kier molecular flexibility index (Phi) is 52.2. The molecular formula is C72H129NO13. The van der Waals surface area contributed by atoms with Gasteiger partial charge in [-0.05, 0) is 64.2 Å². The van der Waals surface area contributed by atoms with Gasteiger partial charge in [0.1, 0.15) is 48.8 Å². The molecule has 0 aromatic heterocycles. The first-order valence-electron chi connectivity index (χ1n) is 35.2. The lowest BCUT2D eigenvalue weighted by Gasteiger charge is -2.46. The molecule has 2 rings (SSSR count). The highest BCUT2D eigenvalue weighted by Gasteiger charge is 2.51. The molecule has 2 aliphatic rings. The predicted molar refractivity (Wildman–Crippen MR) is 350 cm³/mol. The molecule has 9 N–H and O–H groups in total. The Hall–Kier alpha value is -2.57. The number of nitrogens with one attached hydrogen (secondary N) is 1. The quantitative estimate of drug-likeness (QED) is 0.0204. The molecule has 0 aliphatic carbocycles. The Morgan fingerprint density at radius 2 is 0.802 bits per heavy atom. The number of hydrogen-bond donors (Lipinski definition) is 9. The van der Waals surface area contributed by atoms with E-state index in [0.717, 1.165) is 89.9 Å². The molecule has 1 amide bonds. The zero-order chi connectivity index (χ0) is 62.3. The predicted octanol–water partition coefficient (Wildman–Crippen LogP) is 14.2. The molecule has 12 atom stereocenters. The van der Waals surface area contributed by atoms with Gasteiger partial charge in [-0.25, -0.2) is 0 Å². The van der Waals surface area contributed by atoms with Gasteiger partial charge in [0, 0.05) is 6.42 Å².